The van der Waals surface area contributed by atoms with Crippen molar-refractivity contribution in [3.63, 3.8) is 0 Å². The number of nitrogens with zero attached hydrogens (tertiary/aromatic N) is 2. The molecule has 3 N–H and O–H groups in total. The predicted molar refractivity (Wildman–Crippen MR) is 98.7 cm³/mol. The molecule has 1 unspecified atom stereocenters. The molecule has 1 aliphatic heterocycles. The standard InChI is InChI=1S/C17H23N5O4S/c1-26-8-6-21-27(24,25)14-9-15(20-11-14)17(23)22-7-5-19-12-16(22)13-3-2-4-18-10-13/h2-4,9-11,16,19-21H,5-8,12H2,1H3. The molecular weight excluding hydrogens is 370 g/mol. The molecular formula is C17H23N5O4S. The highest BCUT2D eigenvalue weighted by atomic mass is 32.2. The van der Waals surface area contributed by atoms with Crippen molar-refractivity contribution in [2.45, 2.75) is 10.9 Å². The molecule has 146 valence electrons. The average Bonchev–Trinajstić information content (AvgIpc) is 3.19. The molecule has 3 rings (SSSR count). The Morgan fingerprint density at radius 1 is 1.48 bits per heavy atom. The minimum atomic E-state index is -3.70. The van der Waals surface area contributed by atoms with Gasteiger partial charge in [0.2, 0.25) is 10.0 Å². The van der Waals surface area contributed by atoms with Gasteiger partial charge in [-0.3, -0.25) is 9.78 Å². The number of carbonyl (C=O) groups is 1. The third-order valence-corrected chi connectivity index (χ3v) is 5.81. The molecule has 2 aromatic heterocycles. The molecule has 9 nitrogen and oxygen atoms in total. The van der Waals surface area contributed by atoms with Crippen LogP contribution in [-0.2, 0) is 14.8 Å². The lowest BCUT2D eigenvalue weighted by Crippen LogP contribution is -2.48. The molecule has 1 amide bonds. The second kappa shape index (κ2) is 8.61. The molecule has 0 spiro atoms. The van der Waals surface area contributed by atoms with Gasteiger partial charge in [0.1, 0.15) is 10.6 Å². The average molecular weight is 393 g/mol. The SMILES string of the molecule is COCCNS(=O)(=O)c1c[nH]c(C(=O)N2CCNCC2c2cccnc2)c1. The van der Waals surface area contributed by atoms with Crippen LogP contribution in [-0.4, -0.2) is 69.1 Å². The van der Waals surface area contributed by atoms with E-state index in [1.54, 1.807) is 17.3 Å². The van der Waals surface area contributed by atoms with E-state index >= 15 is 0 Å². The van der Waals surface area contributed by atoms with Crippen LogP contribution >= 0.6 is 0 Å². The molecule has 1 atom stereocenters. The van der Waals surface area contributed by atoms with Crippen LogP contribution in [0.1, 0.15) is 22.1 Å². The Morgan fingerprint density at radius 3 is 3.07 bits per heavy atom. The summed E-state index contributed by atoms with van der Waals surface area (Å²) in [5.74, 6) is -0.247. The Labute approximate surface area is 158 Å². The first-order chi connectivity index (χ1) is 13.0. The molecule has 0 aromatic carbocycles. The van der Waals surface area contributed by atoms with Crippen molar-refractivity contribution in [3.8, 4) is 0 Å². The number of sulfonamides is 1. The number of rotatable bonds is 7. The van der Waals surface area contributed by atoms with E-state index in [4.69, 9.17) is 4.74 Å². The van der Waals surface area contributed by atoms with Crippen LogP contribution in [0.15, 0.2) is 41.7 Å². The summed E-state index contributed by atoms with van der Waals surface area (Å²) >= 11 is 0. The van der Waals surface area contributed by atoms with Gasteiger partial charge in [0.25, 0.3) is 5.91 Å². The summed E-state index contributed by atoms with van der Waals surface area (Å²) in [6.45, 7) is 2.23. The van der Waals surface area contributed by atoms with Gasteiger partial charge in [-0.2, -0.15) is 0 Å². The highest BCUT2D eigenvalue weighted by Gasteiger charge is 2.30. The summed E-state index contributed by atoms with van der Waals surface area (Å²) < 4.78 is 31.8. The van der Waals surface area contributed by atoms with Crippen molar-refractivity contribution >= 4 is 15.9 Å². The second-order valence-electron chi connectivity index (χ2n) is 6.14. The number of ether oxygens (including phenoxy) is 1. The third kappa shape index (κ3) is 4.53. The topological polar surface area (TPSA) is 116 Å². The lowest BCUT2D eigenvalue weighted by Gasteiger charge is -2.36. The van der Waals surface area contributed by atoms with E-state index in [9.17, 15) is 13.2 Å². The maximum absolute atomic E-state index is 13.0. The van der Waals surface area contributed by atoms with E-state index in [0.717, 1.165) is 5.56 Å². The molecule has 27 heavy (non-hydrogen) atoms. The van der Waals surface area contributed by atoms with Gasteiger partial charge in [0, 0.05) is 51.9 Å². The molecule has 3 heterocycles. The fourth-order valence-corrected chi connectivity index (χ4v) is 3.99. The molecule has 0 aliphatic carbocycles. The van der Waals surface area contributed by atoms with E-state index in [1.165, 1.54) is 19.4 Å². The summed E-state index contributed by atoms with van der Waals surface area (Å²) in [6.07, 6.45) is 4.75. The summed E-state index contributed by atoms with van der Waals surface area (Å²) in [7, 11) is -2.20. The number of amides is 1. The fraction of sp³-hybridized carbons (Fsp3) is 0.412. The number of hydrogen-bond acceptors (Lipinski definition) is 6. The van der Waals surface area contributed by atoms with Crippen molar-refractivity contribution < 1.29 is 17.9 Å². The molecule has 10 heteroatoms. The number of carbonyl (C=O) groups excluding carboxylic acids is 1. The van der Waals surface area contributed by atoms with Crippen LogP contribution < -0.4 is 10.0 Å². The number of methoxy groups -OCH3 is 1. The van der Waals surface area contributed by atoms with E-state index in [1.807, 2.05) is 12.1 Å². The van der Waals surface area contributed by atoms with Crippen LogP contribution in [0.3, 0.4) is 0 Å². The van der Waals surface area contributed by atoms with E-state index in [-0.39, 0.29) is 35.7 Å². The first kappa shape index (κ1) is 19.5. The minimum Gasteiger partial charge on any atom is -0.383 e. The van der Waals surface area contributed by atoms with Crippen molar-refractivity contribution in [1.82, 2.24) is 24.9 Å². The number of piperazine rings is 1. The summed E-state index contributed by atoms with van der Waals surface area (Å²) in [6, 6.07) is 4.95. The van der Waals surface area contributed by atoms with Crippen LogP contribution in [0.25, 0.3) is 0 Å². The van der Waals surface area contributed by atoms with Gasteiger partial charge in [0.15, 0.2) is 0 Å². The van der Waals surface area contributed by atoms with Crippen LogP contribution in [0.4, 0.5) is 0 Å². The van der Waals surface area contributed by atoms with Crippen molar-refractivity contribution in [2.75, 3.05) is 39.9 Å². The van der Waals surface area contributed by atoms with Gasteiger partial charge in [-0.05, 0) is 17.7 Å². The molecule has 1 aliphatic rings. The largest absolute Gasteiger partial charge is 0.383 e. The van der Waals surface area contributed by atoms with Crippen molar-refractivity contribution in [2.24, 2.45) is 0 Å². The van der Waals surface area contributed by atoms with Gasteiger partial charge in [-0.1, -0.05) is 6.07 Å². The number of hydrogen-bond donors (Lipinski definition) is 3. The van der Waals surface area contributed by atoms with E-state index in [2.05, 4.69) is 20.0 Å². The monoisotopic (exact) mass is 393 g/mol. The van der Waals surface area contributed by atoms with Crippen molar-refractivity contribution in [1.29, 1.82) is 0 Å². The molecule has 0 bridgehead atoms. The molecule has 0 saturated carbocycles. The molecule has 0 radical (unpaired) electrons. The number of H-pyrrole nitrogens is 1. The van der Waals surface area contributed by atoms with Crippen LogP contribution in [0, 0.1) is 0 Å². The number of aromatic amines is 1. The van der Waals surface area contributed by atoms with Crippen LogP contribution in [0.2, 0.25) is 0 Å². The quantitative estimate of drug-likeness (QED) is 0.576. The highest BCUT2D eigenvalue weighted by Crippen LogP contribution is 2.24. The maximum Gasteiger partial charge on any atom is 0.270 e. The number of aromatic nitrogens is 2. The van der Waals surface area contributed by atoms with E-state index < -0.39 is 10.0 Å². The van der Waals surface area contributed by atoms with Crippen LogP contribution in [0.5, 0.6) is 0 Å². The predicted octanol–water partition coefficient (Wildman–Crippen LogP) is 0.121. The Balaban J connectivity index is 1.78. The lowest BCUT2D eigenvalue weighted by molar-refractivity contribution is 0.0628. The molecule has 1 saturated heterocycles. The third-order valence-electron chi connectivity index (χ3n) is 4.37. The second-order valence-corrected chi connectivity index (χ2v) is 7.91. The Morgan fingerprint density at radius 2 is 2.33 bits per heavy atom. The zero-order valence-corrected chi connectivity index (χ0v) is 15.8. The Hall–Kier alpha value is -2.27. The molecule has 2 aromatic rings. The smallest absolute Gasteiger partial charge is 0.270 e. The first-order valence-electron chi connectivity index (χ1n) is 8.61. The number of nitrogens with one attached hydrogen (secondary N) is 3. The summed E-state index contributed by atoms with van der Waals surface area (Å²) in [4.78, 5) is 21.7. The van der Waals surface area contributed by atoms with Gasteiger partial charge >= 0.3 is 0 Å². The normalized spacial score (nSPS) is 17.8. The fourth-order valence-electron chi connectivity index (χ4n) is 2.99. The number of pyridine rings is 1. The van der Waals surface area contributed by atoms with E-state index in [0.29, 0.717) is 19.6 Å². The summed E-state index contributed by atoms with van der Waals surface area (Å²) in [5.41, 5.74) is 1.16. The lowest BCUT2D eigenvalue weighted by atomic mass is 10.0. The maximum atomic E-state index is 13.0. The van der Waals surface area contributed by atoms with Gasteiger partial charge in [0.05, 0.1) is 12.6 Å². The first-order valence-corrected chi connectivity index (χ1v) is 10.1. The molecule has 1 fully saturated rings. The Bertz CT molecular complexity index is 868. The zero-order chi connectivity index (χ0) is 19.3. The summed E-state index contributed by atoms with van der Waals surface area (Å²) in [5, 5.41) is 3.28. The van der Waals surface area contributed by atoms with Gasteiger partial charge < -0.3 is 19.9 Å². The Kier molecular flexibility index (Phi) is 6.22. The van der Waals surface area contributed by atoms with Crippen molar-refractivity contribution in [3.05, 3.63) is 48.0 Å². The minimum absolute atomic E-state index is 0.0232. The highest BCUT2D eigenvalue weighted by molar-refractivity contribution is 7.89. The van der Waals surface area contributed by atoms with Gasteiger partial charge in [-0.15, -0.1) is 0 Å². The zero-order valence-electron chi connectivity index (χ0n) is 15.0. The van der Waals surface area contributed by atoms with Gasteiger partial charge in [-0.25, -0.2) is 13.1 Å².